The van der Waals surface area contributed by atoms with Crippen LogP contribution >= 0.6 is 0 Å². The summed E-state index contributed by atoms with van der Waals surface area (Å²) in [6.45, 7) is 0. The Labute approximate surface area is 77.7 Å². The van der Waals surface area contributed by atoms with Crippen molar-refractivity contribution in [2.75, 3.05) is 31.0 Å². The van der Waals surface area contributed by atoms with E-state index in [9.17, 15) is 0 Å². The van der Waals surface area contributed by atoms with Gasteiger partial charge < -0.3 is 14.5 Å². The molecule has 0 radical (unpaired) electrons. The van der Waals surface area contributed by atoms with Gasteiger partial charge in [-0.15, -0.1) is 0 Å². The second-order valence-electron chi connectivity index (χ2n) is 3.15. The lowest BCUT2D eigenvalue weighted by Crippen LogP contribution is -2.40. The van der Waals surface area contributed by atoms with Crippen LogP contribution in [0.15, 0.2) is 18.5 Å². The van der Waals surface area contributed by atoms with Gasteiger partial charge in [0.1, 0.15) is 0 Å². The summed E-state index contributed by atoms with van der Waals surface area (Å²) in [7, 11) is 5.71. The Kier molecular flexibility index (Phi) is 1.84. The van der Waals surface area contributed by atoms with Gasteiger partial charge in [0, 0.05) is 27.4 Å². The van der Waals surface area contributed by atoms with Gasteiger partial charge in [0.25, 0.3) is 0 Å². The third-order valence-electron chi connectivity index (χ3n) is 2.41. The van der Waals surface area contributed by atoms with E-state index in [-0.39, 0.29) is 6.35 Å². The molecule has 0 aliphatic carbocycles. The Bertz CT molecular complexity index is 286. The fourth-order valence-electron chi connectivity index (χ4n) is 1.76. The monoisotopic (exact) mass is 179 g/mol. The van der Waals surface area contributed by atoms with Gasteiger partial charge in [0.2, 0.25) is 6.35 Å². The Morgan fingerprint density at radius 1 is 1.31 bits per heavy atom. The van der Waals surface area contributed by atoms with Crippen LogP contribution in [0.2, 0.25) is 0 Å². The number of nitrogens with zero attached hydrogens (tertiary/aromatic N) is 3. The van der Waals surface area contributed by atoms with Gasteiger partial charge in [0.05, 0.1) is 17.6 Å². The Hall–Kier alpha value is -1.29. The number of rotatable bonds is 1. The molecule has 0 bridgehead atoms. The molecule has 0 fully saturated rings. The normalized spacial score (nSPS) is 20.7. The molecule has 1 unspecified atom stereocenters. The smallest absolute Gasteiger partial charge is 0.209 e. The minimum absolute atomic E-state index is 0.0146. The van der Waals surface area contributed by atoms with Crippen LogP contribution < -0.4 is 9.80 Å². The summed E-state index contributed by atoms with van der Waals surface area (Å²) in [5.74, 6) is 0. The van der Waals surface area contributed by atoms with E-state index in [1.165, 1.54) is 0 Å². The van der Waals surface area contributed by atoms with Gasteiger partial charge in [0.15, 0.2) is 0 Å². The van der Waals surface area contributed by atoms with Gasteiger partial charge in [-0.1, -0.05) is 0 Å². The van der Waals surface area contributed by atoms with E-state index in [4.69, 9.17) is 4.74 Å². The number of aromatic nitrogens is 1. The maximum absolute atomic E-state index is 5.34. The van der Waals surface area contributed by atoms with E-state index in [0.29, 0.717) is 0 Å². The van der Waals surface area contributed by atoms with Crippen LogP contribution in [0.5, 0.6) is 0 Å². The van der Waals surface area contributed by atoms with Gasteiger partial charge in [-0.3, -0.25) is 4.98 Å². The first-order chi connectivity index (χ1) is 6.25. The second kappa shape index (κ2) is 2.88. The summed E-state index contributed by atoms with van der Waals surface area (Å²) in [5, 5.41) is 0. The lowest BCUT2D eigenvalue weighted by atomic mass is 10.3. The molecule has 1 aromatic rings. The fraction of sp³-hybridized carbons (Fsp3) is 0.444. The van der Waals surface area contributed by atoms with Gasteiger partial charge in [-0.05, 0) is 6.07 Å². The number of hydrogen-bond acceptors (Lipinski definition) is 4. The molecule has 1 aliphatic rings. The van der Waals surface area contributed by atoms with Gasteiger partial charge in [-0.2, -0.15) is 0 Å². The van der Waals surface area contributed by atoms with Crippen LogP contribution in [0.4, 0.5) is 11.4 Å². The lowest BCUT2D eigenvalue weighted by Gasteiger charge is -2.25. The molecule has 0 spiro atoms. The molecule has 0 saturated heterocycles. The van der Waals surface area contributed by atoms with Crippen molar-refractivity contribution in [3.63, 3.8) is 0 Å². The van der Waals surface area contributed by atoms with Crippen molar-refractivity contribution in [1.29, 1.82) is 0 Å². The van der Waals surface area contributed by atoms with Crippen molar-refractivity contribution in [1.82, 2.24) is 4.98 Å². The number of ether oxygens (including phenoxy) is 1. The SMILES string of the molecule is COC1N(C)c2ccncc2N1C. The molecule has 70 valence electrons. The molecule has 13 heavy (non-hydrogen) atoms. The number of anilines is 2. The maximum atomic E-state index is 5.34. The standard InChI is InChI=1S/C9H13N3O/c1-11-7-4-5-10-6-8(7)12(2)9(11)13-3/h4-6,9H,1-3H3. The van der Waals surface area contributed by atoms with Crippen LogP contribution in [0.25, 0.3) is 0 Å². The molecule has 1 atom stereocenters. The average Bonchev–Trinajstić information content (AvgIpc) is 2.41. The Morgan fingerprint density at radius 2 is 2.00 bits per heavy atom. The van der Waals surface area contributed by atoms with Crippen LogP contribution in [0.1, 0.15) is 0 Å². The zero-order valence-electron chi connectivity index (χ0n) is 8.06. The lowest BCUT2D eigenvalue weighted by molar-refractivity contribution is 0.110. The largest absolute Gasteiger partial charge is 0.344 e. The first-order valence-electron chi connectivity index (χ1n) is 4.18. The quantitative estimate of drug-likeness (QED) is 0.640. The van der Waals surface area contributed by atoms with Crippen LogP contribution in [-0.2, 0) is 4.74 Å². The highest BCUT2D eigenvalue weighted by atomic mass is 16.5. The number of fused-ring (bicyclic) bond motifs is 1. The first-order valence-corrected chi connectivity index (χ1v) is 4.18. The van der Waals surface area contributed by atoms with Gasteiger partial charge in [-0.25, -0.2) is 0 Å². The molecular weight excluding hydrogens is 166 g/mol. The third kappa shape index (κ3) is 1.06. The maximum Gasteiger partial charge on any atom is 0.209 e. The minimum Gasteiger partial charge on any atom is -0.344 e. The topological polar surface area (TPSA) is 28.6 Å². The summed E-state index contributed by atoms with van der Waals surface area (Å²) in [6, 6.07) is 1.99. The zero-order valence-corrected chi connectivity index (χ0v) is 8.06. The minimum atomic E-state index is -0.0146. The average molecular weight is 179 g/mol. The van der Waals surface area contributed by atoms with E-state index in [1.54, 1.807) is 13.3 Å². The molecule has 0 N–H and O–H groups in total. The first kappa shape index (κ1) is 8.31. The fourth-order valence-corrected chi connectivity index (χ4v) is 1.76. The number of pyridine rings is 1. The molecule has 0 saturated carbocycles. The van der Waals surface area contributed by atoms with Crippen molar-refractivity contribution >= 4 is 11.4 Å². The Morgan fingerprint density at radius 3 is 2.62 bits per heavy atom. The van der Waals surface area contributed by atoms with Crippen molar-refractivity contribution in [2.45, 2.75) is 6.35 Å². The van der Waals surface area contributed by atoms with Crippen molar-refractivity contribution in [3.8, 4) is 0 Å². The number of methoxy groups -OCH3 is 1. The molecule has 1 aliphatic heterocycles. The van der Waals surface area contributed by atoms with Crippen LogP contribution in [0, 0.1) is 0 Å². The highest BCUT2D eigenvalue weighted by Gasteiger charge is 2.30. The van der Waals surface area contributed by atoms with Crippen LogP contribution in [-0.4, -0.2) is 32.5 Å². The predicted octanol–water partition coefficient (Wildman–Crippen LogP) is 0.898. The highest BCUT2D eigenvalue weighted by molar-refractivity contribution is 5.75. The molecule has 4 nitrogen and oxygen atoms in total. The molecular formula is C9H13N3O. The summed E-state index contributed by atoms with van der Waals surface area (Å²) in [5.41, 5.74) is 2.27. The molecule has 2 rings (SSSR count). The molecule has 2 heterocycles. The van der Waals surface area contributed by atoms with E-state index in [2.05, 4.69) is 14.8 Å². The van der Waals surface area contributed by atoms with E-state index >= 15 is 0 Å². The molecule has 0 amide bonds. The van der Waals surface area contributed by atoms with Gasteiger partial charge >= 0.3 is 0 Å². The van der Waals surface area contributed by atoms with E-state index < -0.39 is 0 Å². The summed E-state index contributed by atoms with van der Waals surface area (Å²) < 4.78 is 5.34. The molecule has 4 heteroatoms. The third-order valence-corrected chi connectivity index (χ3v) is 2.41. The highest BCUT2D eigenvalue weighted by Crippen LogP contribution is 2.36. The molecule has 0 aromatic carbocycles. The van der Waals surface area contributed by atoms with Crippen molar-refractivity contribution < 1.29 is 4.74 Å². The zero-order chi connectivity index (χ0) is 9.42. The van der Waals surface area contributed by atoms with E-state index in [1.807, 2.05) is 26.4 Å². The van der Waals surface area contributed by atoms with Crippen molar-refractivity contribution in [2.24, 2.45) is 0 Å². The van der Waals surface area contributed by atoms with Crippen molar-refractivity contribution in [3.05, 3.63) is 18.5 Å². The molecule has 1 aromatic heterocycles. The summed E-state index contributed by atoms with van der Waals surface area (Å²) in [6.07, 6.45) is 3.63. The predicted molar refractivity (Wildman–Crippen MR) is 51.8 cm³/mol. The van der Waals surface area contributed by atoms with Crippen LogP contribution in [0.3, 0.4) is 0 Å². The summed E-state index contributed by atoms with van der Waals surface area (Å²) in [4.78, 5) is 8.22. The summed E-state index contributed by atoms with van der Waals surface area (Å²) >= 11 is 0. The Balaban J connectivity index is 2.44. The number of hydrogen-bond donors (Lipinski definition) is 0. The van der Waals surface area contributed by atoms with E-state index in [0.717, 1.165) is 11.4 Å². The second-order valence-corrected chi connectivity index (χ2v) is 3.15.